The van der Waals surface area contributed by atoms with Gasteiger partial charge in [0.15, 0.2) is 0 Å². The summed E-state index contributed by atoms with van der Waals surface area (Å²) in [6.45, 7) is 4.13. The highest BCUT2D eigenvalue weighted by atomic mass is 16.2. The largest absolute Gasteiger partial charge is 0.352 e. The number of rotatable bonds is 6. The van der Waals surface area contributed by atoms with Gasteiger partial charge in [-0.15, -0.1) is 0 Å². The van der Waals surface area contributed by atoms with E-state index in [4.69, 9.17) is 5.73 Å². The van der Waals surface area contributed by atoms with Gasteiger partial charge in [0.05, 0.1) is 11.0 Å². The summed E-state index contributed by atoms with van der Waals surface area (Å²) in [6, 6.07) is 7.65. The monoisotopic (exact) mass is 427 g/mol. The van der Waals surface area contributed by atoms with E-state index in [1.807, 2.05) is 28.8 Å². The van der Waals surface area contributed by atoms with Crippen LogP contribution in [0.15, 0.2) is 29.1 Å². The minimum absolute atomic E-state index is 0.0194. The average molecular weight is 428 g/mol. The molecule has 7 heteroatoms. The first-order valence-electron chi connectivity index (χ1n) is 12.1. The van der Waals surface area contributed by atoms with Crippen LogP contribution in [0.1, 0.15) is 63.8 Å². The van der Waals surface area contributed by atoms with Gasteiger partial charge in [0, 0.05) is 38.8 Å². The van der Waals surface area contributed by atoms with Crippen molar-refractivity contribution in [2.45, 2.75) is 70.4 Å². The summed E-state index contributed by atoms with van der Waals surface area (Å²) >= 11 is 0. The van der Waals surface area contributed by atoms with Gasteiger partial charge in [0.25, 0.3) is 0 Å². The van der Waals surface area contributed by atoms with E-state index in [-0.39, 0.29) is 11.7 Å². The SMILES string of the molecule is NC(=O)NCCn1c(=O)n(C2CCN(CC3CCCCCCC3)CC2)c2ccccc21. The Kier molecular flexibility index (Phi) is 7.33. The highest BCUT2D eigenvalue weighted by Gasteiger charge is 2.26. The Bertz CT molecular complexity index is 918. The van der Waals surface area contributed by atoms with E-state index in [1.54, 1.807) is 4.57 Å². The summed E-state index contributed by atoms with van der Waals surface area (Å²) in [5.41, 5.74) is 7.12. The molecule has 2 fully saturated rings. The molecule has 31 heavy (non-hydrogen) atoms. The summed E-state index contributed by atoms with van der Waals surface area (Å²) in [6.07, 6.45) is 11.8. The number of para-hydroxylation sites is 2. The third-order valence-corrected chi connectivity index (χ3v) is 7.17. The molecule has 1 aliphatic heterocycles. The summed E-state index contributed by atoms with van der Waals surface area (Å²) in [5.74, 6) is 0.847. The minimum Gasteiger partial charge on any atom is -0.352 e. The Labute approximate surface area is 184 Å². The number of aromatic nitrogens is 2. The van der Waals surface area contributed by atoms with Gasteiger partial charge in [-0.1, -0.05) is 44.2 Å². The second-order valence-electron chi connectivity index (χ2n) is 9.33. The molecule has 4 rings (SSSR count). The number of fused-ring (bicyclic) bond motifs is 1. The first-order chi connectivity index (χ1) is 15.1. The van der Waals surface area contributed by atoms with E-state index in [1.165, 1.54) is 51.5 Å². The number of carbonyl (C=O) groups excluding carboxylic acids is 1. The molecule has 1 aromatic carbocycles. The molecular weight excluding hydrogens is 390 g/mol. The van der Waals surface area contributed by atoms with Crippen molar-refractivity contribution in [1.29, 1.82) is 0 Å². The zero-order valence-electron chi connectivity index (χ0n) is 18.6. The van der Waals surface area contributed by atoms with Crippen LogP contribution in [-0.2, 0) is 6.54 Å². The number of hydrogen-bond donors (Lipinski definition) is 2. The zero-order chi connectivity index (χ0) is 21.6. The van der Waals surface area contributed by atoms with Crippen molar-refractivity contribution in [3.63, 3.8) is 0 Å². The Morgan fingerprint density at radius 1 is 0.968 bits per heavy atom. The van der Waals surface area contributed by atoms with Gasteiger partial charge in [-0.05, 0) is 43.7 Å². The number of amides is 2. The smallest absolute Gasteiger partial charge is 0.329 e. The lowest BCUT2D eigenvalue weighted by molar-refractivity contribution is 0.151. The van der Waals surface area contributed by atoms with Crippen LogP contribution < -0.4 is 16.7 Å². The number of piperidine rings is 1. The van der Waals surface area contributed by atoms with E-state index in [2.05, 4.69) is 10.2 Å². The Morgan fingerprint density at radius 3 is 2.29 bits per heavy atom. The molecule has 2 aliphatic rings. The normalized spacial score (nSPS) is 19.9. The molecule has 2 heterocycles. The lowest BCUT2D eigenvalue weighted by Crippen LogP contribution is -2.40. The van der Waals surface area contributed by atoms with Crippen molar-refractivity contribution in [3.05, 3.63) is 34.7 Å². The highest BCUT2D eigenvalue weighted by molar-refractivity contribution is 5.76. The molecule has 0 spiro atoms. The maximum Gasteiger partial charge on any atom is 0.329 e. The third kappa shape index (κ3) is 5.32. The van der Waals surface area contributed by atoms with Crippen LogP contribution in [0.3, 0.4) is 0 Å². The molecule has 1 aromatic heterocycles. The topological polar surface area (TPSA) is 85.3 Å². The van der Waals surface area contributed by atoms with Crippen molar-refractivity contribution in [3.8, 4) is 0 Å². The first-order valence-corrected chi connectivity index (χ1v) is 12.1. The predicted molar refractivity (Wildman–Crippen MR) is 124 cm³/mol. The standard InChI is InChI=1S/C24H37N5O2/c25-23(30)26-14-17-28-21-10-6-7-11-22(21)29(24(28)31)20-12-15-27(16-13-20)18-19-8-4-2-1-3-5-9-19/h6-7,10-11,19-20H,1-5,8-9,12-18H2,(H3,25,26,30). The van der Waals surface area contributed by atoms with Gasteiger partial charge in [0.2, 0.25) is 0 Å². The number of benzene rings is 1. The Balaban J connectivity index is 1.43. The van der Waals surface area contributed by atoms with Crippen LogP contribution in [0.25, 0.3) is 11.0 Å². The molecule has 0 radical (unpaired) electrons. The molecule has 2 amide bonds. The number of likely N-dealkylation sites (tertiary alicyclic amines) is 1. The fourth-order valence-electron chi connectivity index (χ4n) is 5.54. The predicted octanol–water partition coefficient (Wildman–Crippen LogP) is 3.47. The van der Waals surface area contributed by atoms with E-state index < -0.39 is 6.03 Å². The number of urea groups is 1. The van der Waals surface area contributed by atoms with Crippen LogP contribution >= 0.6 is 0 Å². The van der Waals surface area contributed by atoms with Crippen molar-refractivity contribution >= 4 is 17.1 Å². The maximum absolute atomic E-state index is 13.3. The van der Waals surface area contributed by atoms with E-state index in [0.29, 0.717) is 13.1 Å². The van der Waals surface area contributed by atoms with Crippen LogP contribution in [0.5, 0.6) is 0 Å². The fourth-order valence-corrected chi connectivity index (χ4v) is 5.54. The molecule has 0 bridgehead atoms. The molecule has 3 N–H and O–H groups in total. The number of hydrogen-bond acceptors (Lipinski definition) is 3. The molecule has 2 aromatic rings. The van der Waals surface area contributed by atoms with Gasteiger partial charge in [0.1, 0.15) is 0 Å². The number of primary amides is 1. The van der Waals surface area contributed by atoms with Gasteiger partial charge < -0.3 is 16.0 Å². The summed E-state index contributed by atoms with van der Waals surface area (Å²) in [5, 5.41) is 2.59. The second-order valence-corrected chi connectivity index (χ2v) is 9.33. The molecule has 0 atom stereocenters. The van der Waals surface area contributed by atoms with Crippen LogP contribution in [0, 0.1) is 5.92 Å². The lowest BCUT2D eigenvalue weighted by atomic mass is 9.90. The van der Waals surface area contributed by atoms with Gasteiger partial charge in [-0.25, -0.2) is 9.59 Å². The average Bonchev–Trinajstić information content (AvgIpc) is 3.02. The quantitative estimate of drug-likeness (QED) is 0.740. The fraction of sp³-hybridized carbons (Fsp3) is 0.667. The van der Waals surface area contributed by atoms with Crippen LogP contribution in [-0.4, -0.2) is 46.2 Å². The van der Waals surface area contributed by atoms with Crippen molar-refractivity contribution in [2.24, 2.45) is 11.7 Å². The molecule has 1 aliphatic carbocycles. The maximum atomic E-state index is 13.3. The van der Waals surface area contributed by atoms with Crippen LogP contribution in [0.2, 0.25) is 0 Å². The number of nitrogens with one attached hydrogen (secondary N) is 1. The molecule has 1 saturated carbocycles. The van der Waals surface area contributed by atoms with Crippen LogP contribution in [0.4, 0.5) is 4.79 Å². The molecule has 1 saturated heterocycles. The van der Waals surface area contributed by atoms with Crippen molar-refractivity contribution in [1.82, 2.24) is 19.4 Å². The highest BCUT2D eigenvalue weighted by Crippen LogP contribution is 2.28. The Hall–Kier alpha value is -2.28. The summed E-state index contributed by atoms with van der Waals surface area (Å²) < 4.78 is 3.76. The van der Waals surface area contributed by atoms with Crippen molar-refractivity contribution < 1.29 is 4.79 Å². The first kappa shape index (κ1) is 21.9. The van der Waals surface area contributed by atoms with Crippen molar-refractivity contribution in [2.75, 3.05) is 26.2 Å². The molecule has 7 nitrogen and oxygen atoms in total. The van der Waals surface area contributed by atoms with Gasteiger partial charge in [-0.2, -0.15) is 0 Å². The lowest BCUT2D eigenvalue weighted by Gasteiger charge is -2.35. The van der Waals surface area contributed by atoms with Gasteiger partial charge in [-0.3, -0.25) is 9.13 Å². The molecule has 170 valence electrons. The molecular formula is C24H37N5O2. The number of carbonyl (C=O) groups is 1. The Morgan fingerprint density at radius 2 is 1.61 bits per heavy atom. The number of nitrogens with zero attached hydrogens (tertiary/aromatic N) is 3. The number of imidazole rings is 1. The summed E-state index contributed by atoms with van der Waals surface area (Å²) in [7, 11) is 0. The zero-order valence-corrected chi connectivity index (χ0v) is 18.6. The summed E-state index contributed by atoms with van der Waals surface area (Å²) in [4.78, 5) is 26.9. The van der Waals surface area contributed by atoms with E-state index >= 15 is 0 Å². The minimum atomic E-state index is -0.562. The molecule has 0 unspecified atom stereocenters. The third-order valence-electron chi connectivity index (χ3n) is 7.17. The van der Waals surface area contributed by atoms with Gasteiger partial charge >= 0.3 is 11.7 Å². The number of nitrogens with two attached hydrogens (primary N) is 1. The van der Waals surface area contributed by atoms with E-state index in [9.17, 15) is 9.59 Å². The second kappa shape index (κ2) is 10.4. The van der Waals surface area contributed by atoms with E-state index in [0.717, 1.165) is 42.9 Å².